The van der Waals surface area contributed by atoms with Gasteiger partial charge in [-0.25, -0.2) is 12.7 Å². The van der Waals surface area contributed by atoms with E-state index in [1.165, 1.54) is 4.31 Å². The Kier molecular flexibility index (Phi) is 6.74. The average Bonchev–Trinajstić information content (AvgIpc) is 2.38. The maximum atomic E-state index is 12.1. The topological polar surface area (TPSA) is 75.7 Å². The molecule has 112 valence electrons. The number of carbonyl (C=O) groups is 1. The standard InChI is InChI=1S/C12H24N2O4S/c1-3-18-12(15)6-8-19(16,17)14-7-4-5-11(10-14)9-13-2/h11,13H,3-10H2,1-2H3. The second kappa shape index (κ2) is 7.81. The first-order chi connectivity index (χ1) is 8.99. The van der Waals surface area contributed by atoms with Gasteiger partial charge in [0, 0.05) is 13.1 Å². The Bertz CT molecular complexity index is 381. The minimum Gasteiger partial charge on any atom is -0.466 e. The first-order valence-electron chi connectivity index (χ1n) is 6.77. The van der Waals surface area contributed by atoms with Crippen LogP contribution in [-0.4, -0.2) is 57.7 Å². The molecule has 0 spiro atoms. The van der Waals surface area contributed by atoms with Crippen molar-refractivity contribution in [3.63, 3.8) is 0 Å². The average molecular weight is 292 g/mol. The van der Waals surface area contributed by atoms with Gasteiger partial charge in [-0.1, -0.05) is 0 Å². The van der Waals surface area contributed by atoms with E-state index in [0.29, 0.717) is 19.0 Å². The molecule has 0 aromatic carbocycles. The molecular weight excluding hydrogens is 268 g/mol. The summed E-state index contributed by atoms with van der Waals surface area (Å²) >= 11 is 0. The van der Waals surface area contributed by atoms with Crippen LogP contribution >= 0.6 is 0 Å². The molecule has 0 radical (unpaired) electrons. The fraction of sp³-hybridized carbons (Fsp3) is 0.917. The van der Waals surface area contributed by atoms with Crippen LogP contribution in [0.3, 0.4) is 0 Å². The van der Waals surface area contributed by atoms with Crippen molar-refractivity contribution >= 4 is 16.0 Å². The Morgan fingerprint density at radius 3 is 2.84 bits per heavy atom. The zero-order valence-corrected chi connectivity index (χ0v) is 12.5. The predicted molar refractivity (Wildman–Crippen MR) is 73.3 cm³/mol. The SMILES string of the molecule is CCOC(=O)CCS(=O)(=O)N1CCCC(CNC)C1. The van der Waals surface area contributed by atoms with E-state index in [2.05, 4.69) is 5.32 Å². The minimum absolute atomic E-state index is 0.0661. The number of hydrogen-bond donors (Lipinski definition) is 1. The van der Waals surface area contributed by atoms with E-state index in [-0.39, 0.29) is 18.8 Å². The molecular formula is C12H24N2O4S. The first kappa shape index (κ1) is 16.4. The van der Waals surface area contributed by atoms with Gasteiger partial charge in [0.25, 0.3) is 0 Å². The molecule has 1 atom stereocenters. The summed E-state index contributed by atoms with van der Waals surface area (Å²) in [6.45, 7) is 3.92. The van der Waals surface area contributed by atoms with Crippen LogP contribution in [-0.2, 0) is 19.6 Å². The molecule has 1 rings (SSSR count). The second-order valence-corrected chi connectivity index (χ2v) is 6.88. The zero-order valence-electron chi connectivity index (χ0n) is 11.7. The van der Waals surface area contributed by atoms with Gasteiger partial charge < -0.3 is 10.1 Å². The molecule has 7 heteroatoms. The number of carbonyl (C=O) groups excluding carboxylic acids is 1. The lowest BCUT2D eigenvalue weighted by Crippen LogP contribution is -2.43. The Morgan fingerprint density at radius 2 is 2.21 bits per heavy atom. The van der Waals surface area contributed by atoms with Gasteiger partial charge in [-0.05, 0) is 39.3 Å². The van der Waals surface area contributed by atoms with Crippen LogP contribution < -0.4 is 5.32 Å². The van der Waals surface area contributed by atoms with E-state index in [9.17, 15) is 13.2 Å². The van der Waals surface area contributed by atoms with Crippen molar-refractivity contribution in [2.75, 3.05) is 39.0 Å². The fourth-order valence-corrected chi connectivity index (χ4v) is 3.84. The second-order valence-electron chi connectivity index (χ2n) is 4.79. The number of sulfonamides is 1. The summed E-state index contributed by atoms with van der Waals surface area (Å²) in [6, 6.07) is 0. The van der Waals surface area contributed by atoms with E-state index >= 15 is 0 Å². The molecule has 1 aliphatic rings. The maximum Gasteiger partial charge on any atom is 0.306 e. The Morgan fingerprint density at radius 1 is 1.47 bits per heavy atom. The van der Waals surface area contributed by atoms with Crippen LogP contribution in [0.4, 0.5) is 0 Å². The number of nitrogens with zero attached hydrogens (tertiary/aromatic N) is 1. The van der Waals surface area contributed by atoms with Gasteiger partial charge in [0.15, 0.2) is 0 Å². The number of piperidine rings is 1. The van der Waals surface area contributed by atoms with Crippen molar-refractivity contribution in [1.29, 1.82) is 0 Å². The molecule has 1 heterocycles. The van der Waals surface area contributed by atoms with E-state index in [4.69, 9.17) is 4.74 Å². The molecule has 0 aromatic rings. The number of rotatable bonds is 7. The van der Waals surface area contributed by atoms with Crippen molar-refractivity contribution in [3.8, 4) is 0 Å². The minimum atomic E-state index is -3.34. The van der Waals surface area contributed by atoms with Crippen molar-refractivity contribution in [2.45, 2.75) is 26.2 Å². The summed E-state index contributed by atoms with van der Waals surface area (Å²) in [6.07, 6.45) is 1.86. The van der Waals surface area contributed by atoms with Gasteiger partial charge in [-0.2, -0.15) is 0 Å². The normalized spacial score (nSPS) is 21.3. The summed E-state index contributed by atoms with van der Waals surface area (Å²) in [4.78, 5) is 11.2. The summed E-state index contributed by atoms with van der Waals surface area (Å²) in [7, 11) is -1.47. The Labute approximate surface area is 115 Å². The third kappa shape index (κ3) is 5.46. The van der Waals surface area contributed by atoms with Crippen LogP contribution in [0.1, 0.15) is 26.2 Å². The highest BCUT2D eigenvalue weighted by Crippen LogP contribution is 2.19. The lowest BCUT2D eigenvalue weighted by atomic mass is 10.00. The Balaban J connectivity index is 2.49. The molecule has 1 aliphatic heterocycles. The summed E-state index contributed by atoms with van der Waals surface area (Å²) in [5.74, 6) is -0.246. The lowest BCUT2D eigenvalue weighted by Gasteiger charge is -2.31. The summed E-state index contributed by atoms with van der Waals surface area (Å²) in [5.41, 5.74) is 0. The first-order valence-corrected chi connectivity index (χ1v) is 8.38. The van der Waals surface area contributed by atoms with Gasteiger partial charge >= 0.3 is 5.97 Å². The highest BCUT2D eigenvalue weighted by atomic mass is 32.2. The monoisotopic (exact) mass is 292 g/mol. The van der Waals surface area contributed by atoms with Crippen LogP contribution in [0.2, 0.25) is 0 Å². The molecule has 1 unspecified atom stereocenters. The number of ether oxygens (including phenoxy) is 1. The lowest BCUT2D eigenvalue weighted by molar-refractivity contribution is -0.142. The molecule has 0 aliphatic carbocycles. The molecule has 1 N–H and O–H groups in total. The molecule has 0 amide bonds. The van der Waals surface area contributed by atoms with E-state index < -0.39 is 16.0 Å². The molecule has 1 fully saturated rings. The molecule has 1 saturated heterocycles. The molecule has 6 nitrogen and oxygen atoms in total. The quantitative estimate of drug-likeness (QED) is 0.679. The van der Waals surface area contributed by atoms with E-state index in [1.54, 1.807) is 6.92 Å². The molecule has 19 heavy (non-hydrogen) atoms. The predicted octanol–water partition coefficient (Wildman–Crippen LogP) is 0.201. The van der Waals surface area contributed by atoms with Crippen molar-refractivity contribution in [3.05, 3.63) is 0 Å². The molecule has 0 saturated carbocycles. The number of nitrogens with one attached hydrogen (secondary N) is 1. The third-order valence-electron chi connectivity index (χ3n) is 3.24. The van der Waals surface area contributed by atoms with E-state index in [0.717, 1.165) is 19.4 Å². The third-order valence-corrected chi connectivity index (χ3v) is 5.08. The largest absolute Gasteiger partial charge is 0.466 e. The number of esters is 1. The van der Waals surface area contributed by atoms with Gasteiger partial charge in [0.2, 0.25) is 10.0 Å². The summed E-state index contributed by atoms with van der Waals surface area (Å²) < 4.78 is 30.5. The van der Waals surface area contributed by atoms with Gasteiger partial charge in [0.05, 0.1) is 18.8 Å². The van der Waals surface area contributed by atoms with E-state index in [1.807, 2.05) is 7.05 Å². The van der Waals surface area contributed by atoms with Gasteiger partial charge in [-0.15, -0.1) is 0 Å². The summed E-state index contributed by atoms with van der Waals surface area (Å²) in [5, 5.41) is 3.08. The molecule has 0 bridgehead atoms. The maximum absolute atomic E-state index is 12.1. The van der Waals surface area contributed by atoms with Crippen molar-refractivity contribution in [2.24, 2.45) is 5.92 Å². The van der Waals surface area contributed by atoms with Crippen LogP contribution in [0, 0.1) is 5.92 Å². The van der Waals surface area contributed by atoms with Crippen LogP contribution in [0.25, 0.3) is 0 Å². The van der Waals surface area contributed by atoms with Crippen molar-refractivity contribution in [1.82, 2.24) is 9.62 Å². The van der Waals surface area contributed by atoms with Crippen molar-refractivity contribution < 1.29 is 17.9 Å². The van der Waals surface area contributed by atoms with Gasteiger partial charge in [0.1, 0.15) is 0 Å². The fourth-order valence-electron chi connectivity index (χ4n) is 2.31. The highest BCUT2D eigenvalue weighted by Gasteiger charge is 2.28. The van der Waals surface area contributed by atoms with Crippen LogP contribution in [0.5, 0.6) is 0 Å². The molecule has 0 aromatic heterocycles. The number of hydrogen-bond acceptors (Lipinski definition) is 5. The van der Waals surface area contributed by atoms with Crippen LogP contribution in [0.15, 0.2) is 0 Å². The van der Waals surface area contributed by atoms with Gasteiger partial charge in [-0.3, -0.25) is 4.79 Å². The zero-order chi connectivity index (χ0) is 14.3. The highest BCUT2D eigenvalue weighted by molar-refractivity contribution is 7.89. The smallest absolute Gasteiger partial charge is 0.306 e. The Hall–Kier alpha value is -0.660.